The SMILES string of the molecule is CNC1CCCc2cn(CCCCCCO)cc21. The first kappa shape index (κ1) is 13.6. The molecular formula is C15H26N2O. The fourth-order valence-electron chi connectivity index (χ4n) is 2.94. The Morgan fingerprint density at radius 1 is 1.28 bits per heavy atom. The topological polar surface area (TPSA) is 37.2 Å². The second-order valence-corrected chi connectivity index (χ2v) is 5.35. The number of aliphatic hydroxyl groups excluding tert-OH is 1. The summed E-state index contributed by atoms with van der Waals surface area (Å²) in [6.45, 7) is 1.45. The fraction of sp³-hybridized carbons (Fsp3) is 0.733. The first-order chi connectivity index (χ1) is 8.85. The zero-order valence-electron chi connectivity index (χ0n) is 11.5. The van der Waals surface area contributed by atoms with Crippen LogP contribution in [0.2, 0.25) is 0 Å². The van der Waals surface area contributed by atoms with E-state index >= 15 is 0 Å². The molecule has 0 saturated carbocycles. The van der Waals surface area contributed by atoms with Gasteiger partial charge in [0.05, 0.1) is 0 Å². The van der Waals surface area contributed by atoms with Gasteiger partial charge in [-0.05, 0) is 50.3 Å². The number of aliphatic hydroxyl groups is 1. The molecule has 0 amide bonds. The summed E-state index contributed by atoms with van der Waals surface area (Å²) >= 11 is 0. The number of aromatic nitrogens is 1. The standard InChI is InChI=1S/C15H26N2O/c1-16-15-8-6-7-13-11-17(12-14(13)15)9-4-2-3-5-10-18/h11-12,15-16,18H,2-10H2,1H3. The van der Waals surface area contributed by atoms with E-state index in [-0.39, 0.29) is 0 Å². The van der Waals surface area contributed by atoms with Crippen molar-refractivity contribution >= 4 is 0 Å². The number of hydrogen-bond donors (Lipinski definition) is 2. The molecule has 1 unspecified atom stereocenters. The molecule has 1 aliphatic carbocycles. The van der Waals surface area contributed by atoms with Gasteiger partial charge in [0.15, 0.2) is 0 Å². The fourth-order valence-corrected chi connectivity index (χ4v) is 2.94. The third-order valence-corrected chi connectivity index (χ3v) is 3.98. The van der Waals surface area contributed by atoms with E-state index in [1.165, 1.54) is 43.2 Å². The number of hydrogen-bond acceptors (Lipinski definition) is 2. The predicted octanol–water partition coefficient (Wildman–Crippen LogP) is 2.64. The van der Waals surface area contributed by atoms with Crippen LogP contribution in [0.5, 0.6) is 0 Å². The molecule has 0 radical (unpaired) electrons. The molecule has 102 valence electrons. The van der Waals surface area contributed by atoms with Crippen LogP contribution in [0.1, 0.15) is 55.7 Å². The lowest BCUT2D eigenvalue weighted by atomic mass is 9.91. The highest BCUT2D eigenvalue weighted by Gasteiger charge is 2.20. The van der Waals surface area contributed by atoms with Crippen molar-refractivity contribution in [2.24, 2.45) is 0 Å². The average Bonchev–Trinajstić information content (AvgIpc) is 2.81. The van der Waals surface area contributed by atoms with Gasteiger partial charge in [0.1, 0.15) is 0 Å². The minimum atomic E-state index is 0.335. The van der Waals surface area contributed by atoms with Crippen LogP contribution in [0.4, 0.5) is 0 Å². The zero-order chi connectivity index (χ0) is 12.8. The molecular weight excluding hydrogens is 224 g/mol. The van der Waals surface area contributed by atoms with E-state index < -0.39 is 0 Å². The molecule has 2 rings (SSSR count). The molecule has 0 aromatic carbocycles. The second kappa shape index (κ2) is 6.95. The molecule has 1 aliphatic rings. The van der Waals surface area contributed by atoms with Crippen LogP contribution >= 0.6 is 0 Å². The van der Waals surface area contributed by atoms with E-state index in [1.54, 1.807) is 0 Å². The molecule has 1 heterocycles. The van der Waals surface area contributed by atoms with E-state index in [9.17, 15) is 0 Å². The van der Waals surface area contributed by atoms with Gasteiger partial charge in [-0.25, -0.2) is 0 Å². The van der Waals surface area contributed by atoms with Crippen molar-refractivity contribution in [3.63, 3.8) is 0 Å². The largest absolute Gasteiger partial charge is 0.396 e. The lowest BCUT2D eigenvalue weighted by Gasteiger charge is -2.21. The van der Waals surface area contributed by atoms with Gasteiger partial charge < -0.3 is 15.0 Å². The van der Waals surface area contributed by atoms with E-state index in [0.29, 0.717) is 12.6 Å². The van der Waals surface area contributed by atoms with Gasteiger partial charge in [0, 0.05) is 31.6 Å². The number of rotatable bonds is 7. The van der Waals surface area contributed by atoms with Crippen molar-refractivity contribution < 1.29 is 5.11 Å². The number of fused-ring (bicyclic) bond motifs is 1. The molecule has 1 aromatic rings. The molecule has 0 fully saturated rings. The first-order valence-electron chi connectivity index (χ1n) is 7.32. The van der Waals surface area contributed by atoms with Gasteiger partial charge in [-0.3, -0.25) is 0 Å². The lowest BCUT2D eigenvalue weighted by Crippen LogP contribution is -2.20. The third kappa shape index (κ3) is 3.36. The van der Waals surface area contributed by atoms with Crippen LogP contribution in [0.25, 0.3) is 0 Å². The van der Waals surface area contributed by atoms with Gasteiger partial charge in [-0.2, -0.15) is 0 Å². The highest BCUT2D eigenvalue weighted by molar-refractivity contribution is 5.30. The molecule has 0 bridgehead atoms. The quantitative estimate of drug-likeness (QED) is 0.730. The molecule has 1 atom stereocenters. The molecule has 1 aromatic heterocycles. The Balaban J connectivity index is 1.85. The maximum Gasteiger partial charge on any atom is 0.0431 e. The van der Waals surface area contributed by atoms with E-state index in [1.807, 2.05) is 0 Å². The van der Waals surface area contributed by atoms with E-state index in [0.717, 1.165) is 19.4 Å². The summed E-state index contributed by atoms with van der Waals surface area (Å²) in [6.07, 6.45) is 13.0. The average molecular weight is 250 g/mol. The molecule has 3 heteroatoms. The summed E-state index contributed by atoms with van der Waals surface area (Å²) in [5, 5.41) is 12.2. The minimum absolute atomic E-state index is 0.335. The van der Waals surface area contributed by atoms with Crippen molar-refractivity contribution in [3.05, 3.63) is 23.5 Å². The van der Waals surface area contributed by atoms with Crippen molar-refractivity contribution in [2.45, 2.75) is 57.5 Å². The summed E-state index contributed by atoms with van der Waals surface area (Å²) in [5.41, 5.74) is 3.05. The third-order valence-electron chi connectivity index (χ3n) is 3.98. The van der Waals surface area contributed by atoms with Crippen molar-refractivity contribution in [3.8, 4) is 0 Å². The Hall–Kier alpha value is -0.800. The first-order valence-corrected chi connectivity index (χ1v) is 7.32. The minimum Gasteiger partial charge on any atom is -0.396 e. The molecule has 0 saturated heterocycles. The van der Waals surface area contributed by atoms with E-state index in [4.69, 9.17) is 5.11 Å². The monoisotopic (exact) mass is 250 g/mol. The maximum atomic E-state index is 8.74. The number of aryl methyl sites for hydroxylation is 2. The Labute approximate surface area is 110 Å². The highest BCUT2D eigenvalue weighted by Crippen LogP contribution is 2.30. The summed E-state index contributed by atoms with van der Waals surface area (Å²) in [5.74, 6) is 0. The summed E-state index contributed by atoms with van der Waals surface area (Å²) in [7, 11) is 2.06. The Bertz CT molecular complexity index is 359. The Morgan fingerprint density at radius 3 is 2.89 bits per heavy atom. The summed E-state index contributed by atoms with van der Waals surface area (Å²) in [6, 6.07) is 0.560. The lowest BCUT2D eigenvalue weighted by molar-refractivity contribution is 0.282. The van der Waals surface area contributed by atoms with Gasteiger partial charge in [-0.15, -0.1) is 0 Å². The normalized spacial score (nSPS) is 18.9. The molecule has 2 N–H and O–H groups in total. The van der Waals surface area contributed by atoms with Crippen LogP contribution in [-0.2, 0) is 13.0 Å². The number of nitrogens with one attached hydrogen (secondary N) is 1. The van der Waals surface area contributed by atoms with E-state index in [2.05, 4.69) is 29.3 Å². The van der Waals surface area contributed by atoms with Crippen LogP contribution < -0.4 is 5.32 Å². The van der Waals surface area contributed by atoms with Crippen molar-refractivity contribution in [1.29, 1.82) is 0 Å². The van der Waals surface area contributed by atoms with Crippen LogP contribution in [0.3, 0.4) is 0 Å². The number of nitrogens with zero attached hydrogens (tertiary/aromatic N) is 1. The van der Waals surface area contributed by atoms with Crippen molar-refractivity contribution in [2.75, 3.05) is 13.7 Å². The smallest absolute Gasteiger partial charge is 0.0431 e. The van der Waals surface area contributed by atoms with Crippen LogP contribution in [0.15, 0.2) is 12.4 Å². The zero-order valence-corrected chi connectivity index (χ0v) is 11.5. The van der Waals surface area contributed by atoms with Gasteiger partial charge in [-0.1, -0.05) is 12.8 Å². The Morgan fingerprint density at radius 2 is 2.11 bits per heavy atom. The maximum absolute atomic E-state index is 8.74. The Kier molecular flexibility index (Phi) is 5.26. The molecule has 3 nitrogen and oxygen atoms in total. The summed E-state index contributed by atoms with van der Waals surface area (Å²) < 4.78 is 2.36. The number of unbranched alkanes of at least 4 members (excludes halogenated alkanes) is 3. The predicted molar refractivity (Wildman–Crippen MR) is 74.7 cm³/mol. The van der Waals surface area contributed by atoms with Crippen LogP contribution in [0, 0.1) is 0 Å². The molecule has 0 spiro atoms. The van der Waals surface area contributed by atoms with Crippen LogP contribution in [-0.4, -0.2) is 23.3 Å². The van der Waals surface area contributed by atoms with Crippen molar-refractivity contribution in [1.82, 2.24) is 9.88 Å². The molecule has 0 aliphatic heterocycles. The molecule has 18 heavy (non-hydrogen) atoms. The van der Waals surface area contributed by atoms with Gasteiger partial charge in [0.25, 0.3) is 0 Å². The van der Waals surface area contributed by atoms with Gasteiger partial charge >= 0.3 is 0 Å². The van der Waals surface area contributed by atoms with Gasteiger partial charge in [0.2, 0.25) is 0 Å². The highest BCUT2D eigenvalue weighted by atomic mass is 16.2. The second-order valence-electron chi connectivity index (χ2n) is 5.35. The summed E-state index contributed by atoms with van der Waals surface area (Å²) in [4.78, 5) is 0.